The molecule has 0 aliphatic heterocycles. The van der Waals surface area contributed by atoms with E-state index in [0.717, 1.165) is 16.8 Å². The Morgan fingerprint density at radius 3 is 2.60 bits per heavy atom. The number of nitriles is 1. The fourth-order valence-electron chi connectivity index (χ4n) is 2.07. The SMILES string of the molecule is Cc1cc(C)cc(N(CCC#N)C(=O)c2cscn2)c1. The largest absolute Gasteiger partial charge is 0.306 e. The number of hydrogen-bond donors (Lipinski definition) is 0. The van der Waals surface area contributed by atoms with Gasteiger partial charge < -0.3 is 4.90 Å². The number of aryl methyl sites for hydroxylation is 2. The lowest BCUT2D eigenvalue weighted by atomic mass is 10.1. The Labute approximate surface area is 122 Å². The Morgan fingerprint density at radius 1 is 1.35 bits per heavy atom. The summed E-state index contributed by atoms with van der Waals surface area (Å²) >= 11 is 1.39. The van der Waals surface area contributed by atoms with Crippen LogP contribution in [-0.4, -0.2) is 17.4 Å². The number of rotatable bonds is 4. The van der Waals surface area contributed by atoms with Gasteiger partial charge in [-0.1, -0.05) is 6.07 Å². The number of benzene rings is 1. The molecule has 0 atom stereocenters. The van der Waals surface area contributed by atoms with Crippen LogP contribution in [0.15, 0.2) is 29.1 Å². The summed E-state index contributed by atoms with van der Waals surface area (Å²) in [6.45, 7) is 4.36. The minimum atomic E-state index is -0.161. The Balaban J connectivity index is 2.36. The summed E-state index contributed by atoms with van der Waals surface area (Å²) < 4.78 is 0. The van der Waals surface area contributed by atoms with E-state index in [1.54, 1.807) is 15.8 Å². The van der Waals surface area contributed by atoms with E-state index in [9.17, 15) is 4.79 Å². The second-order valence-electron chi connectivity index (χ2n) is 4.58. The normalized spacial score (nSPS) is 10.1. The maximum absolute atomic E-state index is 12.5. The lowest BCUT2D eigenvalue weighted by Gasteiger charge is -2.22. The molecule has 0 fully saturated rings. The maximum atomic E-state index is 12.5. The van der Waals surface area contributed by atoms with Gasteiger partial charge in [-0.25, -0.2) is 4.98 Å². The van der Waals surface area contributed by atoms with Crippen LogP contribution in [0.1, 0.15) is 28.0 Å². The van der Waals surface area contributed by atoms with E-state index in [-0.39, 0.29) is 5.91 Å². The van der Waals surface area contributed by atoms with Gasteiger partial charge in [0.15, 0.2) is 0 Å². The minimum Gasteiger partial charge on any atom is -0.306 e. The molecule has 0 bridgehead atoms. The van der Waals surface area contributed by atoms with Crippen molar-refractivity contribution in [2.75, 3.05) is 11.4 Å². The fraction of sp³-hybridized carbons (Fsp3) is 0.267. The van der Waals surface area contributed by atoms with Gasteiger partial charge in [0.1, 0.15) is 5.69 Å². The van der Waals surface area contributed by atoms with Crippen molar-refractivity contribution in [3.63, 3.8) is 0 Å². The summed E-state index contributed by atoms with van der Waals surface area (Å²) in [6, 6.07) is 8.05. The highest BCUT2D eigenvalue weighted by atomic mass is 32.1. The van der Waals surface area contributed by atoms with Crippen LogP contribution in [0.2, 0.25) is 0 Å². The van der Waals surface area contributed by atoms with Crippen molar-refractivity contribution in [3.8, 4) is 6.07 Å². The van der Waals surface area contributed by atoms with Crippen LogP contribution in [0.5, 0.6) is 0 Å². The third-order valence-corrected chi connectivity index (χ3v) is 3.45. The number of amides is 1. The number of anilines is 1. The first-order valence-electron chi connectivity index (χ1n) is 6.27. The van der Waals surface area contributed by atoms with Crippen LogP contribution >= 0.6 is 11.3 Å². The van der Waals surface area contributed by atoms with Crippen molar-refractivity contribution in [1.29, 1.82) is 5.26 Å². The lowest BCUT2D eigenvalue weighted by molar-refractivity contribution is 0.0983. The molecule has 4 nitrogen and oxygen atoms in total. The third kappa shape index (κ3) is 3.22. The van der Waals surface area contributed by atoms with Crippen molar-refractivity contribution in [2.45, 2.75) is 20.3 Å². The van der Waals surface area contributed by atoms with E-state index in [2.05, 4.69) is 17.1 Å². The molecule has 0 N–H and O–H groups in total. The second-order valence-corrected chi connectivity index (χ2v) is 5.30. The lowest BCUT2D eigenvalue weighted by Crippen LogP contribution is -2.32. The predicted molar refractivity (Wildman–Crippen MR) is 79.9 cm³/mol. The first-order chi connectivity index (χ1) is 9.61. The summed E-state index contributed by atoms with van der Waals surface area (Å²) in [5, 5.41) is 10.5. The topological polar surface area (TPSA) is 57.0 Å². The van der Waals surface area contributed by atoms with Crippen LogP contribution in [0.4, 0.5) is 5.69 Å². The monoisotopic (exact) mass is 285 g/mol. The van der Waals surface area contributed by atoms with Crippen LogP contribution in [0.25, 0.3) is 0 Å². The highest BCUT2D eigenvalue weighted by Gasteiger charge is 2.19. The number of nitrogens with zero attached hydrogens (tertiary/aromatic N) is 3. The highest BCUT2D eigenvalue weighted by molar-refractivity contribution is 7.07. The molecule has 0 spiro atoms. The predicted octanol–water partition coefficient (Wildman–Crippen LogP) is 3.32. The average molecular weight is 285 g/mol. The van der Waals surface area contributed by atoms with Crippen LogP contribution in [0, 0.1) is 25.2 Å². The molecule has 2 rings (SSSR count). The number of aromatic nitrogens is 1. The molecule has 0 saturated heterocycles. The van der Waals surface area contributed by atoms with Gasteiger partial charge in [-0.2, -0.15) is 5.26 Å². The summed E-state index contributed by atoms with van der Waals surface area (Å²) in [5.74, 6) is -0.161. The maximum Gasteiger partial charge on any atom is 0.277 e. The zero-order valence-electron chi connectivity index (χ0n) is 11.5. The smallest absolute Gasteiger partial charge is 0.277 e. The molecule has 1 heterocycles. The van der Waals surface area contributed by atoms with E-state index < -0.39 is 0 Å². The molecular weight excluding hydrogens is 270 g/mol. The molecule has 2 aromatic rings. The van der Waals surface area contributed by atoms with Gasteiger partial charge in [-0.15, -0.1) is 11.3 Å². The van der Waals surface area contributed by atoms with Crippen molar-refractivity contribution in [3.05, 3.63) is 45.9 Å². The summed E-state index contributed by atoms with van der Waals surface area (Å²) in [6.07, 6.45) is 0.295. The Bertz CT molecular complexity index is 623. The van der Waals surface area contributed by atoms with Gasteiger partial charge >= 0.3 is 0 Å². The van der Waals surface area contributed by atoms with E-state index in [4.69, 9.17) is 5.26 Å². The van der Waals surface area contributed by atoms with E-state index in [1.165, 1.54) is 11.3 Å². The van der Waals surface area contributed by atoms with E-state index in [0.29, 0.717) is 18.7 Å². The van der Waals surface area contributed by atoms with Gasteiger partial charge in [0, 0.05) is 17.6 Å². The molecule has 1 aromatic heterocycles. The van der Waals surface area contributed by atoms with Crippen LogP contribution in [-0.2, 0) is 0 Å². The molecule has 0 unspecified atom stereocenters. The minimum absolute atomic E-state index is 0.161. The summed E-state index contributed by atoms with van der Waals surface area (Å²) in [5.41, 5.74) is 5.06. The van der Waals surface area contributed by atoms with Crippen molar-refractivity contribution >= 4 is 22.9 Å². The highest BCUT2D eigenvalue weighted by Crippen LogP contribution is 2.21. The first kappa shape index (κ1) is 14.2. The third-order valence-electron chi connectivity index (χ3n) is 2.86. The summed E-state index contributed by atoms with van der Waals surface area (Å²) in [7, 11) is 0. The van der Waals surface area contributed by atoms with E-state index in [1.807, 2.05) is 26.0 Å². The fourth-order valence-corrected chi connectivity index (χ4v) is 2.60. The molecule has 0 saturated carbocycles. The molecule has 5 heteroatoms. The summed E-state index contributed by atoms with van der Waals surface area (Å²) in [4.78, 5) is 18.2. The molecule has 0 radical (unpaired) electrons. The Hall–Kier alpha value is -2.19. The number of hydrogen-bond acceptors (Lipinski definition) is 4. The molecule has 102 valence electrons. The number of carbonyl (C=O) groups is 1. The Morgan fingerprint density at radius 2 is 2.05 bits per heavy atom. The zero-order chi connectivity index (χ0) is 14.5. The molecular formula is C15H15N3OS. The second kappa shape index (κ2) is 6.31. The standard InChI is InChI=1S/C15H15N3OS/c1-11-6-12(2)8-13(7-11)18(5-3-4-16)15(19)14-9-20-10-17-14/h6-10H,3,5H2,1-2H3. The van der Waals surface area contributed by atoms with Gasteiger partial charge in [0.05, 0.1) is 18.0 Å². The quantitative estimate of drug-likeness (QED) is 0.866. The van der Waals surface area contributed by atoms with Crippen molar-refractivity contribution in [1.82, 2.24) is 4.98 Å². The van der Waals surface area contributed by atoms with Crippen molar-refractivity contribution in [2.24, 2.45) is 0 Å². The number of thiazole rings is 1. The van der Waals surface area contributed by atoms with Crippen LogP contribution < -0.4 is 4.90 Å². The van der Waals surface area contributed by atoms with Gasteiger partial charge in [-0.3, -0.25) is 4.79 Å². The average Bonchev–Trinajstić information content (AvgIpc) is 2.91. The molecule has 20 heavy (non-hydrogen) atoms. The Kier molecular flexibility index (Phi) is 4.49. The molecule has 0 aliphatic carbocycles. The molecule has 1 aromatic carbocycles. The van der Waals surface area contributed by atoms with Gasteiger partial charge in [0.2, 0.25) is 0 Å². The molecule has 0 aliphatic rings. The zero-order valence-corrected chi connectivity index (χ0v) is 12.3. The van der Waals surface area contributed by atoms with E-state index >= 15 is 0 Å². The van der Waals surface area contributed by atoms with Crippen LogP contribution in [0.3, 0.4) is 0 Å². The van der Waals surface area contributed by atoms with Crippen molar-refractivity contribution < 1.29 is 4.79 Å². The first-order valence-corrected chi connectivity index (χ1v) is 7.21. The molecule has 1 amide bonds. The van der Waals surface area contributed by atoms with Gasteiger partial charge in [0.25, 0.3) is 5.91 Å². The van der Waals surface area contributed by atoms with Gasteiger partial charge in [-0.05, 0) is 37.1 Å². The number of carbonyl (C=O) groups excluding carboxylic acids is 1.